The molecule has 0 aliphatic heterocycles. The normalized spacial score (nSPS) is 11.1. The van der Waals surface area contributed by atoms with Crippen LogP contribution in [0.4, 0.5) is 11.4 Å². The van der Waals surface area contributed by atoms with Gasteiger partial charge in [-0.15, -0.1) is 0 Å². The highest BCUT2D eigenvalue weighted by molar-refractivity contribution is 9.10. The molecule has 4 aromatic rings. The van der Waals surface area contributed by atoms with Crippen LogP contribution in [0.3, 0.4) is 0 Å². The first-order valence-electron chi connectivity index (χ1n) is 11.8. The zero-order chi connectivity index (χ0) is 26.3. The summed E-state index contributed by atoms with van der Waals surface area (Å²) < 4.78 is 34.2. The maximum Gasteiger partial charge on any atom is 0.264 e. The number of para-hydroxylation sites is 1. The Balaban J connectivity index is 1.39. The number of carbonyl (C=O) groups excluding carboxylic acids is 1. The summed E-state index contributed by atoms with van der Waals surface area (Å²) in [6, 6.07) is 30.3. The minimum atomic E-state index is -3.74. The number of benzene rings is 4. The molecule has 4 aromatic carbocycles. The summed E-state index contributed by atoms with van der Waals surface area (Å²) >= 11 is 3.48. The third kappa shape index (κ3) is 6.58. The van der Waals surface area contributed by atoms with E-state index in [-0.39, 0.29) is 10.8 Å². The van der Waals surface area contributed by atoms with Crippen molar-refractivity contribution in [1.82, 2.24) is 0 Å². The Morgan fingerprint density at radius 1 is 0.892 bits per heavy atom. The molecular formula is C29H27BrN2O4S. The van der Waals surface area contributed by atoms with Crippen LogP contribution in [0.15, 0.2) is 112 Å². The molecule has 0 heterocycles. The largest absolute Gasteiger partial charge is 0.492 e. The topological polar surface area (TPSA) is 75.7 Å². The minimum Gasteiger partial charge on any atom is -0.492 e. The van der Waals surface area contributed by atoms with Gasteiger partial charge in [0.1, 0.15) is 5.75 Å². The van der Waals surface area contributed by atoms with Crippen LogP contribution < -0.4 is 14.4 Å². The average molecular weight is 580 g/mol. The fourth-order valence-corrected chi connectivity index (χ4v) is 5.78. The average Bonchev–Trinajstić information content (AvgIpc) is 2.91. The van der Waals surface area contributed by atoms with Crippen LogP contribution in [-0.2, 0) is 16.4 Å². The third-order valence-electron chi connectivity index (χ3n) is 5.72. The molecule has 0 aliphatic carbocycles. The van der Waals surface area contributed by atoms with E-state index in [1.807, 2.05) is 24.3 Å². The predicted octanol–water partition coefficient (Wildman–Crippen LogP) is 6.54. The Labute approximate surface area is 226 Å². The van der Waals surface area contributed by atoms with Gasteiger partial charge >= 0.3 is 0 Å². The molecule has 0 saturated heterocycles. The summed E-state index contributed by atoms with van der Waals surface area (Å²) in [5, 5.41) is 2.81. The van der Waals surface area contributed by atoms with Crippen LogP contribution in [0.2, 0.25) is 0 Å². The second-order valence-corrected chi connectivity index (χ2v) is 10.9. The number of ether oxygens (including phenoxy) is 1. The molecule has 0 atom stereocenters. The lowest BCUT2D eigenvalue weighted by Gasteiger charge is -2.23. The Morgan fingerprint density at radius 3 is 2.16 bits per heavy atom. The van der Waals surface area contributed by atoms with Crippen LogP contribution in [-0.4, -0.2) is 27.5 Å². The van der Waals surface area contributed by atoms with E-state index in [2.05, 4.69) is 33.4 Å². The summed E-state index contributed by atoms with van der Waals surface area (Å²) in [6.07, 6.45) is 0.780. The van der Waals surface area contributed by atoms with E-state index in [1.54, 1.807) is 61.5 Å². The van der Waals surface area contributed by atoms with Gasteiger partial charge in [0.15, 0.2) is 0 Å². The molecule has 0 saturated carbocycles. The lowest BCUT2D eigenvalue weighted by Crippen LogP contribution is -2.30. The quantitative estimate of drug-likeness (QED) is 0.232. The van der Waals surface area contributed by atoms with Crippen LogP contribution in [0.5, 0.6) is 5.75 Å². The highest BCUT2D eigenvalue weighted by atomic mass is 79.9. The van der Waals surface area contributed by atoms with Crippen molar-refractivity contribution in [3.05, 3.63) is 119 Å². The zero-order valence-corrected chi connectivity index (χ0v) is 22.7. The van der Waals surface area contributed by atoms with E-state index in [0.29, 0.717) is 40.3 Å². The Kier molecular flexibility index (Phi) is 8.63. The van der Waals surface area contributed by atoms with Crippen molar-refractivity contribution >= 4 is 43.2 Å². The van der Waals surface area contributed by atoms with Gasteiger partial charge in [-0.1, -0.05) is 48.5 Å². The second-order valence-electron chi connectivity index (χ2n) is 8.21. The van der Waals surface area contributed by atoms with E-state index in [9.17, 15) is 13.2 Å². The van der Waals surface area contributed by atoms with Crippen molar-refractivity contribution in [1.29, 1.82) is 0 Å². The van der Waals surface area contributed by atoms with Gasteiger partial charge in [-0.2, -0.15) is 0 Å². The molecule has 0 aromatic heterocycles. The van der Waals surface area contributed by atoms with E-state index >= 15 is 0 Å². The summed E-state index contributed by atoms with van der Waals surface area (Å²) in [5.41, 5.74) is 2.72. The molecule has 1 amide bonds. The van der Waals surface area contributed by atoms with E-state index in [1.165, 1.54) is 22.0 Å². The van der Waals surface area contributed by atoms with E-state index < -0.39 is 10.0 Å². The lowest BCUT2D eigenvalue weighted by atomic mass is 10.1. The molecule has 0 unspecified atom stereocenters. The molecule has 8 heteroatoms. The monoisotopic (exact) mass is 578 g/mol. The van der Waals surface area contributed by atoms with Crippen LogP contribution >= 0.6 is 15.9 Å². The van der Waals surface area contributed by atoms with Crippen molar-refractivity contribution in [3.8, 4) is 5.75 Å². The van der Waals surface area contributed by atoms with Gasteiger partial charge in [-0.25, -0.2) is 8.42 Å². The molecule has 0 spiro atoms. The van der Waals surface area contributed by atoms with Gasteiger partial charge in [0.2, 0.25) is 0 Å². The van der Waals surface area contributed by atoms with E-state index in [0.717, 1.165) is 6.42 Å². The van der Waals surface area contributed by atoms with Crippen molar-refractivity contribution in [2.75, 3.05) is 22.8 Å². The number of nitrogens with zero attached hydrogens (tertiary/aromatic N) is 1. The summed E-state index contributed by atoms with van der Waals surface area (Å²) in [7, 11) is -3.74. The maximum absolute atomic E-state index is 13.2. The molecule has 6 nitrogen and oxygen atoms in total. The maximum atomic E-state index is 13.2. The number of amides is 1. The molecular weight excluding hydrogens is 552 g/mol. The first-order chi connectivity index (χ1) is 17.9. The van der Waals surface area contributed by atoms with Gasteiger partial charge < -0.3 is 10.1 Å². The SMILES string of the molecule is CCN(c1ccccc1)S(=O)(=O)c1ccc(NC(=O)c2ccc(OCCc3ccccc3)c(Br)c2)cc1. The number of anilines is 2. The van der Waals surface area contributed by atoms with Gasteiger partial charge in [-0.05, 0) is 83.0 Å². The molecule has 0 fully saturated rings. The predicted molar refractivity (Wildman–Crippen MR) is 151 cm³/mol. The highest BCUT2D eigenvalue weighted by Crippen LogP contribution is 2.27. The van der Waals surface area contributed by atoms with Gasteiger partial charge in [0.05, 0.1) is 21.7 Å². The van der Waals surface area contributed by atoms with E-state index in [4.69, 9.17) is 4.74 Å². The molecule has 37 heavy (non-hydrogen) atoms. The fraction of sp³-hybridized carbons (Fsp3) is 0.138. The number of halogens is 1. The van der Waals surface area contributed by atoms with Crippen molar-refractivity contribution in [2.45, 2.75) is 18.2 Å². The third-order valence-corrected chi connectivity index (χ3v) is 8.25. The van der Waals surface area contributed by atoms with Crippen molar-refractivity contribution < 1.29 is 17.9 Å². The molecule has 4 rings (SSSR count). The van der Waals surface area contributed by atoms with Crippen LogP contribution in [0.1, 0.15) is 22.8 Å². The Morgan fingerprint density at radius 2 is 1.54 bits per heavy atom. The summed E-state index contributed by atoms with van der Waals surface area (Å²) in [6.45, 7) is 2.60. The first kappa shape index (κ1) is 26.4. The summed E-state index contributed by atoms with van der Waals surface area (Å²) in [4.78, 5) is 12.9. The smallest absolute Gasteiger partial charge is 0.264 e. The number of hydrogen-bond acceptors (Lipinski definition) is 4. The number of hydrogen-bond donors (Lipinski definition) is 1. The number of sulfonamides is 1. The highest BCUT2D eigenvalue weighted by Gasteiger charge is 2.23. The second kappa shape index (κ2) is 12.1. The fourth-order valence-electron chi connectivity index (χ4n) is 3.81. The standard InChI is InChI=1S/C29H27BrN2O4S/c1-2-32(25-11-7-4-8-12-25)37(34,35)26-16-14-24(15-17-26)31-29(33)23-13-18-28(27(30)21-23)36-20-19-22-9-5-3-6-10-22/h3-18,21H,2,19-20H2,1H3,(H,31,33). The molecule has 0 radical (unpaired) electrons. The minimum absolute atomic E-state index is 0.149. The lowest BCUT2D eigenvalue weighted by molar-refractivity contribution is 0.102. The Bertz CT molecular complexity index is 1440. The zero-order valence-electron chi connectivity index (χ0n) is 20.3. The van der Waals surface area contributed by atoms with Crippen LogP contribution in [0.25, 0.3) is 0 Å². The molecule has 190 valence electrons. The first-order valence-corrected chi connectivity index (χ1v) is 14.1. The molecule has 1 N–H and O–H groups in total. The van der Waals surface area contributed by atoms with Crippen LogP contribution in [0, 0.1) is 0 Å². The number of nitrogens with one attached hydrogen (secondary N) is 1. The van der Waals surface area contributed by atoms with Crippen molar-refractivity contribution in [2.24, 2.45) is 0 Å². The van der Waals surface area contributed by atoms with Crippen molar-refractivity contribution in [3.63, 3.8) is 0 Å². The van der Waals surface area contributed by atoms with Gasteiger partial charge in [0, 0.05) is 24.2 Å². The van der Waals surface area contributed by atoms with Gasteiger partial charge in [-0.3, -0.25) is 9.10 Å². The molecule has 0 aliphatic rings. The molecule has 0 bridgehead atoms. The number of rotatable bonds is 10. The number of carbonyl (C=O) groups is 1. The van der Waals surface area contributed by atoms with Gasteiger partial charge in [0.25, 0.3) is 15.9 Å². The summed E-state index contributed by atoms with van der Waals surface area (Å²) in [5.74, 6) is 0.340. The Hall–Kier alpha value is -3.62.